The van der Waals surface area contributed by atoms with E-state index in [1.54, 1.807) is 12.1 Å². The number of nitrogens with one attached hydrogen (secondary N) is 2. The van der Waals surface area contributed by atoms with Gasteiger partial charge in [-0.1, -0.05) is 41.4 Å². The molecule has 3 rings (SSSR count). The number of likely N-dealkylation sites (tertiary alicyclic amines) is 1. The summed E-state index contributed by atoms with van der Waals surface area (Å²) in [6, 6.07) is 10.9. The molecule has 0 unspecified atom stereocenters. The van der Waals surface area contributed by atoms with Gasteiger partial charge in [0.15, 0.2) is 0 Å². The van der Waals surface area contributed by atoms with Crippen LogP contribution in [0, 0.1) is 5.92 Å². The molecule has 8 heteroatoms. The number of benzene rings is 1. The molecule has 0 radical (unpaired) electrons. The zero-order valence-electron chi connectivity index (χ0n) is 16.0. The molecule has 0 aliphatic carbocycles. The van der Waals surface area contributed by atoms with E-state index in [2.05, 4.69) is 20.5 Å². The molecule has 1 aromatic carbocycles. The van der Waals surface area contributed by atoms with Crippen molar-refractivity contribution in [3.63, 3.8) is 0 Å². The van der Waals surface area contributed by atoms with Crippen LogP contribution in [0.3, 0.4) is 0 Å². The number of amides is 2. The van der Waals surface area contributed by atoms with Gasteiger partial charge < -0.3 is 15.5 Å². The molecular formula is C21H24Cl2N4O2. The van der Waals surface area contributed by atoms with Gasteiger partial charge >= 0.3 is 0 Å². The van der Waals surface area contributed by atoms with E-state index in [9.17, 15) is 9.59 Å². The van der Waals surface area contributed by atoms with Crippen molar-refractivity contribution in [3.8, 4) is 0 Å². The third-order valence-electron chi connectivity index (χ3n) is 5.03. The molecule has 1 saturated heterocycles. The fourth-order valence-corrected chi connectivity index (χ4v) is 3.59. The summed E-state index contributed by atoms with van der Waals surface area (Å²) < 4.78 is 0. The molecule has 1 fully saturated rings. The quantitative estimate of drug-likeness (QED) is 0.695. The molecule has 2 heterocycles. The Labute approximate surface area is 180 Å². The number of carbonyl (C=O) groups excluding carboxylic acids is 2. The van der Waals surface area contributed by atoms with E-state index in [1.807, 2.05) is 24.3 Å². The van der Waals surface area contributed by atoms with Crippen molar-refractivity contribution in [1.82, 2.24) is 15.2 Å². The minimum Gasteiger partial charge on any atom is -0.352 e. The zero-order chi connectivity index (χ0) is 20.6. The molecule has 1 aliphatic heterocycles. The van der Waals surface area contributed by atoms with Crippen molar-refractivity contribution in [2.45, 2.75) is 25.8 Å². The molecule has 154 valence electrons. The maximum absolute atomic E-state index is 12.4. The fourth-order valence-electron chi connectivity index (χ4n) is 3.28. The maximum atomic E-state index is 12.4. The Hall–Kier alpha value is -2.15. The molecule has 0 spiro atoms. The molecular weight excluding hydrogens is 411 g/mol. The van der Waals surface area contributed by atoms with E-state index in [0.717, 1.165) is 31.5 Å². The van der Waals surface area contributed by atoms with Crippen molar-refractivity contribution in [2.24, 2.45) is 5.92 Å². The van der Waals surface area contributed by atoms with Crippen LogP contribution in [0.25, 0.3) is 0 Å². The van der Waals surface area contributed by atoms with Gasteiger partial charge in [0.25, 0.3) is 0 Å². The van der Waals surface area contributed by atoms with Crippen LogP contribution in [-0.2, 0) is 16.1 Å². The first-order chi connectivity index (χ1) is 14.0. The largest absolute Gasteiger partial charge is 0.352 e. The minimum absolute atomic E-state index is 0.00130. The summed E-state index contributed by atoms with van der Waals surface area (Å²) in [6.45, 7) is 2.70. The van der Waals surface area contributed by atoms with Gasteiger partial charge in [-0.05, 0) is 49.7 Å². The molecule has 2 aromatic rings. The lowest BCUT2D eigenvalue weighted by molar-refractivity contribution is -0.123. The van der Waals surface area contributed by atoms with Gasteiger partial charge in [-0.2, -0.15) is 0 Å². The van der Waals surface area contributed by atoms with Crippen LogP contribution in [0.4, 0.5) is 5.82 Å². The second kappa shape index (κ2) is 10.6. The summed E-state index contributed by atoms with van der Waals surface area (Å²) in [5, 5.41) is 6.93. The number of halogens is 2. The molecule has 2 amide bonds. The predicted octanol–water partition coefficient (Wildman–Crippen LogP) is 3.75. The lowest BCUT2D eigenvalue weighted by atomic mass is 9.96. The van der Waals surface area contributed by atoms with E-state index < -0.39 is 0 Å². The highest BCUT2D eigenvalue weighted by molar-refractivity contribution is 6.31. The van der Waals surface area contributed by atoms with Gasteiger partial charge in [0.1, 0.15) is 5.82 Å². The molecule has 29 heavy (non-hydrogen) atoms. The second-order valence-corrected chi connectivity index (χ2v) is 7.93. The van der Waals surface area contributed by atoms with E-state index in [0.29, 0.717) is 35.4 Å². The molecule has 2 N–H and O–H groups in total. The lowest BCUT2D eigenvalue weighted by Gasteiger charge is -2.31. The average Bonchev–Trinajstić information content (AvgIpc) is 2.73. The SMILES string of the molecule is O=C(CCN1CCC(C(=O)Nc2ccc(Cl)cn2)CC1)NCc1ccccc1Cl. The summed E-state index contributed by atoms with van der Waals surface area (Å²) in [4.78, 5) is 30.8. The van der Waals surface area contributed by atoms with Gasteiger partial charge in [0.05, 0.1) is 5.02 Å². The molecule has 0 atom stereocenters. The van der Waals surface area contributed by atoms with E-state index in [-0.39, 0.29) is 17.7 Å². The van der Waals surface area contributed by atoms with Crippen molar-refractivity contribution in [1.29, 1.82) is 0 Å². The highest BCUT2D eigenvalue weighted by atomic mass is 35.5. The van der Waals surface area contributed by atoms with Gasteiger partial charge in [-0.3, -0.25) is 9.59 Å². The summed E-state index contributed by atoms with van der Waals surface area (Å²) in [6.07, 6.45) is 3.47. The normalized spacial score (nSPS) is 15.1. The fraction of sp³-hybridized carbons (Fsp3) is 0.381. The van der Waals surface area contributed by atoms with Crippen molar-refractivity contribution in [2.75, 3.05) is 25.0 Å². The highest BCUT2D eigenvalue weighted by Crippen LogP contribution is 2.20. The number of anilines is 1. The average molecular weight is 435 g/mol. The van der Waals surface area contributed by atoms with Crippen LogP contribution in [-0.4, -0.2) is 41.3 Å². The molecule has 6 nitrogen and oxygen atoms in total. The van der Waals surface area contributed by atoms with Crippen LogP contribution in [0.1, 0.15) is 24.8 Å². The zero-order valence-corrected chi connectivity index (χ0v) is 17.5. The van der Waals surface area contributed by atoms with Crippen LogP contribution in [0.2, 0.25) is 10.0 Å². The molecule has 1 aromatic heterocycles. The smallest absolute Gasteiger partial charge is 0.228 e. The standard InChI is InChI=1S/C21H24Cl2N4O2/c22-17-5-6-19(24-14-17)26-21(29)15-7-10-27(11-8-15)12-9-20(28)25-13-16-3-1-2-4-18(16)23/h1-6,14-15H,7-13H2,(H,25,28)(H,24,26,29). The number of pyridine rings is 1. The Balaban J connectivity index is 1.35. The Kier molecular flexibility index (Phi) is 7.86. The van der Waals surface area contributed by atoms with Gasteiger partial charge in [-0.25, -0.2) is 4.98 Å². The summed E-state index contributed by atoms with van der Waals surface area (Å²) in [5.41, 5.74) is 0.907. The minimum atomic E-state index is -0.0437. The topological polar surface area (TPSA) is 74.3 Å². The number of piperidine rings is 1. The number of hydrogen-bond acceptors (Lipinski definition) is 4. The Morgan fingerprint density at radius 2 is 1.86 bits per heavy atom. The highest BCUT2D eigenvalue weighted by Gasteiger charge is 2.25. The van der Waals surface area contributed by atoms with E-state index in [1.165, 1.54) is 6.20 Å². The van der Waals surface area contributed by atoms with Crippen LogP contribution in [0.5, 0.6) is 0 Å². The van der Waals surface area contributed by atoms with Gasteiger partial charge in [-0.15, -0.1) is 0 Å². The van der Waals surface area contributed by atoms with Crippen molar-refractivity contribution in [3.05, 3.63) is 58.2 Å². The predicted molar refractivity (Wildman–Crippen MR) is 115 cm³/mol. The third kappa shape index (κ3) is 6.70. The maximum Gasteiger partial charge on any atom is 0.228 e. The van der Waals surface area contributed by atoms with Crippen LogP contribution in [0.15, 0.2) is 42.6 Å². The Morgan fingerprint density at radius 3 is 2.55 bits per heavy atom. The molecule has 1 aliphatic rings. The summed E-state index contributed by atoms with van der Waals surface area (Å²) in [7, 11) is 0. The lowest BCUT2D eigenvalue weighted by Crippen LogP contribution is -2.40. The third-order valence-corrected chi connectivity index (χ3v) is 5.62. The first-order valence-corrected chi connectivity index (χ1v) is 10.4. The number of aromatic nitrogens is 1. The number of hydrogen-bond donors (Lipinski definition) is 2. The Bertz CT molecular complexity index is 837. The van der Waals surface area contributed by atoms with E-state index >= 15 is 0 Å². The molecule has 0 saturated carbocycles. The number of rotatable bonds is 7. The summed E-state index contributed by atoms with van der Waals surface area (Å²) >= 11 is 11.9. The first-order valence-electron chi connectivity index (χ1n) is 9.66. The van der Waals surface area contributed by atoms with Gasteiger partial charge in [0.2, 0.25) is 11.8 Å². The van der Waals surface area contributed by atoms with Crippen LogP contribution < -0.4 is 10.6 Å². The molecule has 0 bridgehead atoms. The monoisotopic (exact) mass is 434 g/mol. The van der Waals surface area contributed by atoms with E-state index in [4.69, 9.17) is 23.2 Å². The number of carbonyl (C=O) groups is 2. The first kappa shape index (κ1) is 21.6. The van der Waals surface area contributed by atoms with Crippen molar-refractivity contribution < 1.29 is 9.59 Å². The second-order valence-electron chi connectivity index (χ2n) is 7.08. The van der Waals surface area contributed by atoms with Gasteiger partial charge in [0, 0.05) is 36.6 Å². The van der Waals surface area contributed by atoms with Crippen molar-refractivity contribution >= 4 is 40.8 Å². The van der Waals surface area contributed by atoms with Crippen LogP contribution >= 0.6 is 23.2 Å². The number of nitrogens with zero attached hydrogens (tertiary/aromatic N) is 2. The Morgan fingerprint density at radius 1 is 1.10 bits per heavy atom. The summed E-state index contributed by atoms with van der Waals surface area (Å²) in [5.74, 6) is 0.449.